The van der Waals surface area contributed by atoms with Gasteiger partial charge < -0.3 is 15.7 Å². The van der Waals surface area contributed by atoms with Gasteiger partial charge in [-0.2, -0.15) is 0 Å². The number of hydrogen-bond acceptors (Lipinski definition) is 4. The minimum absolute atomic E-state index is 0.127. The van der Waals surface area contributed by atoms with E-state index in [4.69, 9.17) is 0 Å². The topological polar surface area (TPSA) is 94.2 Å². The fourth-order valence-corrected chi connectivity index (χ4v) is 2.58. The molecule has 6 heteroatoms. The van der Waals surface area contributed by atoms with Gasteiger partial charge in [-0.05, 0) is 24.8 Å². The second-order valence-corrected chi connectivity index (χ2v) is 5.93. The number of carbonyl (C=O) groups is 1. The van der Waals surface area contributed by atoms with Crippen molar-refractivity contribution in [2.75, 3.05) is 13.1 Å². The monoisotopic (exact) mass is 279 g/mol. The van der Waals surface area contributed by atoms with Crippen LogP contribution in [0.1, 0.15) is 37.0 Å². The number of amides is 1. The van der Waals surface area contributed by atoms with Crippen molar-refractivity contribution in [2.24, 2.45) is 5.41 Å². The summed E-state index contributed by atoms with van der Waals surface area (Å²) in [6, 6.07) is 2.63. The Balaban J connectivity index is 1.99. The maximum atomic E-state index is 12.0. The van der Waals surface area contributed by atoms with Gasteiger partial charge in [0.15, 0.2) is 5.88 Å². The van der Waals surface area contributed by atoms with Crippen LogP contribution in [0, 0.1) is 5.41 Å². The molecule has 1 aromatic heterocycles. The number of pyridine rings is 1. The Morgan fingerprint density at radius 2 is 2.25 bits per heavy atom. The summed E-state index contributed by atoms with van der Waals surface area (Å²) in [5.74, 6) is -0.659. The van der Waals surface area contributed by atoms with Crippen LogP contribution in [0.15, 0.2) is 16.9 Å². The molecule has 0 bridgehead atoms. The van der Waals surface area contributed by atoms with Crippen LogP contribution in [0.5, 0.6) is 5.88 Å². The van der Waals surface area contributed by atoms with Crippen molar-refractivity contribution in [3.05, 3.63) is 28.0 Å². The first-order chi connectivity index (χ1) is 9.38. The first kappa shape index (κ1) is 14.6. The zero-order valence-corrected chi connectivity index (χ0v) is 11.8. The Labute approximate surface area is 117 Å². The van der Waals surface area contributed by atoms with E-state index in [1.807, 2.05) is 0 Å². The zero-order valence-electron chi connectivity index (χ0n) is 11.8. The lowest BCUT2D eigenvalue weighted by molar-refractivity contribution is 0.0928. The van der Waals surface area contributed by atoms with Gasteiger partial charge in [-0.25, -0.2) is 0 Å². The second-order valence-electron chi connectivity index (χ2n) is 5.93. The van der Waals surface area contributed by atoms with Gasteiger partial charge in [0, 0.05) is 24.7 Å². The Morgan fingerprint density at radius 3 is 2.90 bits per heavy atom. The smallest absolute Gasteiger partial charge is 0.251 e. The summed E-state index contributed by atoms with van der Waals surface area (Å²) < 4.78 is 0. The van der Waals surface area contributed by atoms with Gasteiger partial charge in [0.2, 0.25) is 0 Å². The molecule has 0 aromatic carbocycles. The highest BCUT2D eigenvalue weighted by atomic mass is 16.3. The van der Waals surface area contributed by atoms with Crippen molar-refractivity contribution in [1.29, 1.82) is 0 Å². The quantitative estimate of drug-likeness (QED) is 0.651. The van der Waals surface area contributed by atoms with Crippen molar-refractivity contribution in [1.82, 2.24) is 15.6 Å². The van der Waals surface area contributed by atoms with E-state index in [0.29, 0.717) is 6.54 Å². The van der Waals surface area contributed by atoms with Crippen molar-refractivity contribution in [3.63, 3.8) is 0 Å². The van der Waals surface area contributed by atoms with Gasteiger partial charge >= 0.3 is 0 Å². The van der Waals surface area contributed by atoms with Crippen molar-refractivity contribution in [3.8, 4) is 5.88 Å². The average Bonchev–Trinajstić information content (AvgIpc) is 2.35. The van der Waals surface area contributed by atoms with Crippen LogP contribution >= 0.6 is 0 Å². The van der Waals surface area contributed by atoms with Crippen LogP contribution < -0.4 is 16.2 Å². The molecule has 1 unspecified atom stereocenters. The highest BCUT2D eigenvalue weighted by Crippen LogP contribution is 2.29. The summed E-state index contributed by atoms with van der Waals surface area (Å²) in [7, 11) is 0. The molecule has 1 aliphatic heterocycles. The number of aromatic amines is 1. The maximum absolute atomic E-state index is 12.0. The van der Waals surface area contributed by atoms with Gasteiger partial charge in [-0.3, -0.25) is 14.6 Å². The number of aromatic hydroxyl groups is 1. The van der Waals surface area contributed by atoms with E-state index in [2.05, 4.69) is 29.5 Å². The summed E-state index contributed by atoms with van der Waals surface area (Å²) in [4.78, 5) is 25.4. The first-order valence-corrected chi connectivity index (χ1v) is 6.83. The molecule has 0 radical (unpaired) electrons. The lowest BCUT2D eigenvalue weighted by Crippen LogP contribution is -2.52. The van der Waals surface area contributed by atoms with Crippen molar-refractivity contribution < 1.29 is 9.90 Å². The Hall–Kier alpha value is -1.82. The molecule has 1 fully saturated rings. The summed E-state index contributed by atoms with van der Waals surface area (Å²) >= 11 is 0. The number of hydrogen-bond donors (Lipinski definition) is 4. The van der Waals surface area contributed by atoms with Crippen LogP contribution in [0.25, 0.3) is 0 Å². The average molecular weight is 279 g/mol. The third kappa shape index (κ3) is 3.39. The van der Waals surface area contributed by atoms with Gasteiger partial charge in [-0.1, -0.05) is 13.8 Å². The molecule has 1 aliphatic rings. The largest absolute Gasteiger partial charge is 0.494 e. The molecule has 1 saturated heterocycles. The molecule has 110 valence electrons. The predicted molar refractivity (Wildman–Crippen MR) is 75.9 cm³/mol. The standard InChI is InChI=1S/C14H21N3O3/c1-14(2)4-3-5-15-10(14)8-16-13(20)9-6-11(18)17-12(19)7-9/h6-7,10,15H,3-5,8H2,1-2H3,(H,16,20)(H2,17,18,19). The SMILES string of the molecule is CC1(C)CCCNC1CNC(=O)c1cc(O)[nH]c(=O)c1. The minimum atomic E-state index is -0.494. The Bertz CT molecular complexity index is 551. The number of carbonyl (C=O) groups excluding carboxylic acids is 1. The molecular formula is C14H21N3O3. The third-order valence-electron chi connectivity index (χ3n) is 3.89. The summed E-state index contributed by atoms with van der Waals surface area (Å²) in [6.45, 7) is 5.80. The molecule has 2 rings (SSSR count). The van der Waals surface area contributed by atoms with E-state index >= 15 is 0 Å². The van der Waals surface area contributed by atoms with Gasteiger partial charge in [0.25, 0.3) is 11.5 Å². The van der Waals surface area contributed by atoms with Gasteiger partial charge in [0.05, 0.1) is 5.56 Å². The van der Waals surface area contributed by atoms with E-state index in [1.54, 1.807) is 0 Å². The Kier molecular flexibility index (Phi) is 4.13. The maximum Gasteiger partial charge on any atom is 0.251 e. The Morgan fingerprint density at radius 1 is 1.50 bits per heavy atom. The van der Waals surface area contributed by atoms with E-state index in [-0.39, 0.29) is 28.8 Å². The molecule has 6 nitrogen and oxygen atoms in total. The number of H-pyrrole nitrogens is 1. The van der Waals surface area contributed by atoms with Crippen LogP contribution in [-0.4, -0.2) is 35.1 Å². The normalized spacial score (nSPS) is 21.4. The predicted octanol–water partition coefficient (Wildman–Crippen LogP) is 0.588. The van der Waals surface area contributed by atoms with Gasteiger partial charge in [0.1, 0.15) is 0 Å². The number of rotatable bonds is 3. The highest BCUT2D eigenvalue weighted by Gasteiger charge is 2.31. The molecule has 20 heavy (non-hydrogen) atoms. The minimum Gasteiger partial charge on any atom is -0.494 e. The highest BCUT2D eigenvalue weighted by molar-refractivity contribution is 5.94. The molecule has 1 aromatic rings. The fraction of sp³-hybridized carbons (Fsp3) is 0.571. The van der Waals surface area contributed by atoms with Gasteiger partial charge in [-0.15, -0.1) is 0 Å². The summed E-state index contributed by atoms with van der Waals surface area (Å²) in [6.07, 6.45) is 2.26. The zero-order chi connectivity index (χ0) is 14.8. The molecule has 0 saturated carbocycles. The lowest BCUT2D eigenvalue weighted by Gasteiger charge is -2.39. The van der Waals surface area contributed by atoms with Crippen LogP contribution in [-0.2, 0) is 0 Å². The van der Waals surface area contributed by atoms with Crippen LogP contribution in [0.3, 0.4) is 0 Å². The summed E-state index contributed by atoms with van der Waals surface area (Å²) in [5, 5.41) is 15.5. The molecular weight excluding hydrogens is 258 g/mol. The molecule has 4 N–H and O–H groups in total. The summed E-state index contributed by atoms with van der Waals surface area (Å²) in [5.41, 5.74) is -0.201. The fourth-order valence-electron chi connectivity index (χ4n) is 2.58. The molecule has 1 atom stereocenters. The third-order valence-corrected chi connectivity index (χ3v) is 3.89. The molecule has 0 spiro atoms. The van der Waals surface area contributed by atoms with E-state index in [1.165, 1.54) is 12.1 Å². The molecule has 2 heterocycles. The molecule has 0 aliphatic carbocycles. The van der Waals surface area contributed by atoms with Crippen molar-refractivity contribution >= 4 is 5.91 Å². The van der Waals surface area contributed by atoms with E-state index in [0.717, 1.165) is 19.4 Å². The number of nitrogens with one attached hydrogen (secondary N) is 3. The first-order valence-electron chi connectivity index (χ1n) is 6.83. The van der Waals surface area contributed by atoms with Crippen molar-refractivity contribution in [2.45, 2.75) is 32.7 Å². The lowest BCUT2D eigenvalue weighted by atomic mass is 9.77. The van der Waals surface area contributed by atoms with E-state index < -0.39 is 5.56 Å². The van der Waals surface area contributed by atoms with Crippen LogP contribution in [0.2, 0.25) is 0 Å². The molecule has 1 amide bonds. The van der Waals surface area contributed by atoms with Crippen LogP contribution in [0.4, 0.5) is 0 Å². The number of piperidine rings is 1. The van der Waals surface area contributed by atoms with E-state index in [9.17, 15) is 14.7 Å². The second kappa shape index (κ2) is 5.66. The number of aromatic nitrogens is 1.